The number of hydrogen-bond acceptors (Lipinski definition) is 5. The van der Waals surface area contributed by atoms with Crippen molar-refractivity contribution in [1.82, 2.24) is 10.3 Å². The fraction of sp³-hybridized carbons (Fsp3) is 0.368. The standard InChI is InChI=1S/C19H20N4OS/c1-11-6-9-23(10-11)15-5-2-12-13(22-15)3-4-14-16(12)17-18(25-14)19(24)21-8-7-20-17/h2-5,11,20H,6-10H2,1H3,(H,21,24)/t11-/m1/s1. The van der Waals surface area contributed by atoms with E-state index in [-0.39, 0.29) is 5.91 Å². The van der Waals surface area contributed by atoms with Gasteiger partial charge < -0.3 is 15.5 Å². The Morgan fingerprint density at radius 3 is 2.92 bits per heavy atom. The summed E-state index contributed by atoms with van der Waals surface area (Å²) in [6.45, 7) is 5.86. The molecule has 0 aliphatic carbocycles. The summed E-state index contributed by atoms with van der Waals surface area (Å²) in [5.74, 6) is 1.81. The Kier molecular flexibility index (Phi) is 3.35. The number of anilines is 2. The minimum absolute atomic E-state index is 0.0185. The van der Waals surface area contributed by atoms with E-state index in [2.05, 4.69) is 46.7 Å². The summed E-state index contributed by atoms with van der Waals surface area (Å²) in [4.78, 5) is 20.4. The van der Waals surface area contributed by atoms with Crippen LogP contribution < -0.4 is 15.5 Å². The second-order valence-electron chi connectivity index (χ2n) is 7.00. The molecule has 25 heavy (non-hydrogen) atoms. The molecule has 4 heterocycles. The molecule has 2 aromatic heterocycles. The molecule has 0 radical (unpaired) electrons. The number of thiophene rings is 1. The lowest BCUT2D eigenvalue weighted by molar-refractivity contribution is 0.0962. The Labute approximate surface area is 150 Å². The Bertz CT molecular complexity index is 996. The number of nitrogens with one attached hydrogen (secondary N) is 2. The topological polar surface area (TPSA) is 57.3 Å². The highest BCUT2D eigenvalue weighted by Crippen LogP contribution is 2.41. The Morgan fingerprint density at radius 1 is 1.20 bits per heavy atom. The Hall–Kier alpha value is -2.34. The van der Waals surface area contributed by atoms with Gasteiger partial charge in [-0.3, -0.25) is 4.79 Å². The lowest BCUT2D eigenvalue weighted by Gasteiger charge is -2.17. The van der Waals surface area contributed by atoms with Crippen molar-refractivity contribution < 1.29 is 4.79 Å². The number of aromatic nitrogens is 1. The van der Waals surface area contributed by atoms with Crippen LogP contribution in [0.1, 0.15) is 23.0 Å². The molecule has 128 valence electrons. The van der Waals surface area contributed by atoms with Crippen LogP contribution in [0.15, 0.2) is 24.3 Å². The highest BCUT2D eigenvalue weighted by molar-refractivity contribution is 7.21. The van der Waals surface area contributed by atoms with Crippen molar-refractivity contribution >= 4 is 49.7 Å². The van der Waals surface area contributed by atoms with Gasteiger partial charge in [0.15, 0.2) is 0 Å². The number of amides is 1. The molecule has 1 fully saturated rings. The lowest BCUT2D eigenvalue weighted by Crippen LogP contribution is -2.24. The van der Waals surface area contributed by atoms with Gasteiger partial charge in [0.2, 0.25) is 0 Å². The fourth-order valence-corrected chi connectivity index (χ4v) is 4.99. The maximum Gasteiger partial charge on any atom is 0.263 e. The van der Waals surface area contributed by atoms with Gasteiger partial charge in [-0.15, -0.1) is 11.3 Å². The van der Waals surface area contributed by atoms with Crippen molar-refractivity contribution in [3.05, 3.63) is 29.1 Å². The SMILES string of the molecule is C[C@@H]1CCN(c2ccc3c(ccc4sc5c(c43)NCCNC5=O)n2)C1. The van der Waals surface area contributed by atoms with Gasteiger partial charge in [0, 0.05) is 41.7 Å². The maximum atomic E-state index is 12.3. The van der Waals surface area contributed by atoms with Crippen LogP contribution in [0.3, 0.4) is 0 Å². The average Bonchev–Trinajstić information content (AvgIpc) is 3.17. The zero-order valence-corrected chi connectivity index (χ0v) is 14.9. The van der Waals surface area contributed by atoms with E-state index >= 15 is 0 Å². The quantitative estimate of drug-likeness (QED) is 0.704. The van der Waals surface area contributed by atoms with Gasteiger partial charge in [-0.25, -0.2) is 4.98 Å². The van der Waals surface area contributed by atoms with Crippen LogP contribution in [-0.2, 0) is 0 Å². The zero-order valence-electron chi connectivity index (χ0n) is 14.1. The maximum absolute atomic E-state index is 12.3. The number of rotatable bonds is 1. The van der Waals surface area contributed by atoms with Gasteiger partial charge in [0.05, 0.1) is 11.2 Å². The van der Waals surface area contributed by atoms with Crippen LogP contribution in [0, 0.1) is 5.92 Å². The number of carbonyl (C=O) groups excluding carboxylic acids is 1. The van der Waals surface area contributed by atoms with Crippen molar-refractivity contribution in [1.29, 1.82) is 0 Å². The number of hydrogen-bond donors (Lipinski definition) is 2. The molecule has 5 rings (SSSR count). The third-order valence-electron chi connectivity index (χ3n) is 5.17. The largest absolute Gasteiger partial charge is 0.381 e. The summed E-state index contributed by atoms with van der Waals surface area (Å²) < 4.78 is 1.13. The summed E-state index contributed by atoms with van der Waals surface area (Å²) in [5.41, 5.74) is 1.96. The van der Waals surface area contributed by atoms with E-state index in [9.17, 15) is 4.79 Å². The highest BCUT2D eigenvalue weighted by atomic mass is 32.1. The monoisotopic (exact) mass is 352 g/mol. The van der Waals surface area contributed by atoms with Gasteiger partial charge in [-0.05, 0) is 36.6 Å². The number of benzene rings is 1. The normalized spacial score (nSPS) is 20.4. The number of nitrogens with zero attached hydrogens (tertiary/aromatic N) is 2. The smallest absolute Gasteiger partial charge is 0.263 e. The molecular formula is C19H20N4OS. The second-order valence-corrected chi connectivity index (χ2v) is 8.06. The molecule has 0 spiro atoms. The molecule has 6 heteroatoms. The second kappa shape index (κ2) is 5.59. The molecule has 2 aliphatic heterocycles. The molecule has 5 nitrogen and oxygen atoms in total. The van der Waals surface area contributed by atoms with Crippen molar-refractivity contribution in [2.24, 2.45) is 5.92 Å². The molecule has 0 bridgehead atoms. The summed E-state index contributed by atoms with van der Waals surface area (Å²) in [6.07, 6.45) is 1.23. The van der Waals surface area contributed by atoms with Gasteiger partial charge in [-0.2, -0.15) is 0 Å². The average molecular weight is 352 g/mol. The van der Waals surface area contributed by atoms with E-state index in [1.54, 1.807) is 11.3 Å². The van der Waals surface area contributed by atoms with Gasteiger partial charge >= 0.3 is 0 Å². The molecule has 1 saturated heterocycles. The van der Waals surface area contributed by atoms with E-state index in [1.807, 2.05) is 0 Å². The van der Waals surface area contributed by atoms with Crippen LogP contribution >= 0.6 is 11.3 Å². The van der Waals surface area contributed by atoms with E-state index in [1.165, 1.54) is 6.42 Å². The van der Waals surface area contributed by atoms with E-state index in [4.69, 9.17) is 4.98 Å². The van der Waals surface area contributed by atoms with Crippen LogP contribution in [0.4, 0.5) is 11.5 Å². The predicted octanol–water partition coefficient (Wildman–Crippen LogP) is 3.45. The first kappa shape index (κ1) is 15.0. The molecule has 1 aromatic carbocycles. The molecule has 2 N–H and O–H groups in total. The molecular weight excluding hydrogens is 332 g/mol. The summed E-state index contributed by atoms with van der Waals surface area (Å²) in [5, 5.41) is 8.63. The van der Waals surface area contributed by atoms with E-state index < -0.39 is 0 Å². The third-order valence-corrected chi connectivity index (χ3v) is 6.33. The van der Waals surface area contributed by atoms with E-state index in [0.29, 0.717) is 6.54 Å². The molecule has 1 amide bonds. The molecule has 2 aliphatic rings. The van der Waals surface area contributed by atoms with Crippen LogP contribution in [0.5, 0.6) is 0 Å². The highest BCUT2D eigenvalue weighted by Gasteiger charge is 2.23. The van der Waals surface area contributed by atoms with Crippen molar-refractivity contribution in [2.75, 3.05) is 36.4 Å². The third kappa shape index (κ3) is 2.35. The first-order chi connectivity index (χ1) is 12.2. The van der Waals surface area contributed by atoms with Crippen molar-refractivity contribution in [2.45, 2.75) is 13.3 Å². The Balaban J connectivity index is 1.68. The molecule has 0 unspecified atom stereocenters. The molecule has 0 saturated carbocycles. The minimum Gasteiger partial charge on any atom is -0.381 e. The number of fused-ring (bicyclic) bond motifs is 5. The van der Waals surface area contributed by atoms with Gasteiger partial charge in [-0.1, -0.05) is 6.92 Å². The minimum atomic E-state index is 0.0185. The fourth-order valence-electron chi connectivity index (χ4n) is 3.88. The molecule has 3 aromatic rings. The predicted molar refractivity (Wildman–Crippen MR) is 104 cm³/mol. The molecule has 1 atom stereocenters. The lowest BCUT2D eigenvalue weighted by atomic mass is 10.1. The number of pyridine rings is 1. The first-order valence-electron chi connectivity index (χ1n) is 8.84. The summed E-state index contributed by atoms with van der Waals surface area (Å²) in [6, 6.07) is 8.46. The van der Waals surface area contributed by atoms with Crippen LogP contribution in [0.25, 0.3) is 21.0 Å². The zero-order chi connectivity index (χ0) is 17.0. The van der Waals surface area contributed by atoms with E-state index in [0.717, 1.165) is 62.9 Å². The van der Waals surface area contributed by atoms with Gasteiger partial charge in [0.25, 0.3) is 5.91 Å². The number of carbonyl (C=O) groups is 1. The van der Waals surface area contributed by atoms with Crippen molar-refractivity contribution in [3.8, 4) is 0 Å². The van der Waals surface area contributed by atoms with Crippen molar-refractivity contribution in [3.63, 3.8) is 0 Å². The van der Waals surface area contributed by atoms with Crippen LogP contribution in [0.2, 0.25) is 0 Å². The Morgan fingerprint density at radius 2 is 2.08 bits per heavy atom. The van der Waals surface area contributed by atoms with Crippen LogP contribution in [-0.4, -0.2) is 37.1 Å². The summed E-state index contributed by atoms with van der Waals surface area (Å²) >= 11 is 1.55. The summed E-state index contributed by atoms with van der Waals surface area (Å²) in [7, 11) is 0. The van der Waals surface area contributed by atoms with Gasteiger partial charge in [0.1, 0.15) is 10.7 Å². The first-order valence-corrected chi connectivity index (χ1v) is 9.65.